The molecular formula is C22H26N2O. The highest BCUT2D eigenvalue weighted by Gasteiger charge is 2.53. The zero-order valence-corrected chi connectivity index (χ0v) is 15.4. The van der Waals surface area contributed by atoms with E-state index in [1.165, 1.54) is 60.1 Å². The molecule has 1 saturated carbocycles. The van der Waals surface area contributed by atoms with Gasteiger partial charge in [-0.15, -0.1) is 0 Å². The van der Waals surface area contributed by atoms with Gasteiger partial charge in [0.25, 0.3) is 0 Å². The fraction of sp³-hybridized carbons (Fsp3) is 0.455. The maximum absolute atomic E-state index is 5.95. The molecule has 1 fully saturated rings. The Bertz CT molecular complexity index is 942. The Morgan fingerprint density at radius 1 is 1.08 bits per heavy atom. The van der Waals surface area contributed by atoms with Crippen molar-refractivity contribution in [2.75, 3.05) is 4.90 Å². The molecule has 0 N–H and O–H groups in total. The minimum absolute atomic E-state index is 0.107. The molecule has 5 rings (SSSR count). The second-order valence-corrected chi connectivity index (χ2v) is 7.88. The van der Waals surface area contributed by atoms with Crippen molar-refractivity contribution in [2.45, 2.75) is 57.5 Å². The van der Waals surface area contributed by atoms with Crippen LogP contribution in [0.25, 0.3) is 11.1 Å². The van der Waals surface area contributed by atoms with Gasteiger partial charge in [-0.05, 0) is 38.3 Å². The number of nitrogens with zero attached hydrogens (tertiary/aromatic N) is 2. The third-order valence-electron chi connectivity index (χ3n) is 6.60. The van der Waals surface area contributed by atoms with Crippen LogP contribution in [0.15, 0.2) is 41.0 Å². The van der Waals surface area contributed by atoms with Crippen molar-refractivity contribution in [3.63, 3.8) is 0 Å². The number of fused-ring (bicyclic) bond motifs is 4. The molecule has 25 heavy (non-hydrogen) atoms. The number of furan rings is 1. The Balaban J connectivity index is 1.81. The third-order valence-corrected chi connectivity index (χ3v) is 6.60. The molecule has 1 atom stereocenters. The van der Waals surface area contributed by atoms with Crippen LogP contribution in [0.2, 0.25) is 0 Å². The molecule has 0 bridgehead atoms. The molecule has 3 heterocycles. The second-order valence-electron chi connectivity index (χ2n) is 7.88. The number of aryl methyl sites for hydroxylation is 2. The molecular weight excluding hydrogens is 308 g/mol. The second kappa shape index (κ2) is 5.17. The van der Waals surface area contributed by atoms with E-state index in [2.05, 4.69) is 60.7 Å². The van der Waals surface area contributed by atoms with Crippen molar-refractivity contribution < 1.29 is 4.42 Å². The Hall–Kier alpha value is -2.16. The van der Waals surface area contributed by atoms with Gasteiger partial charge in [0.2, 0.25) is 0 Å². The molecule has 0 unspecified atom stereocenters. The molecule has 0 radical (unpaired) electrons. The summed E-state index contributed by atoms with van der Waals surface area (Å²) in [7, 11) is 2.22. The summed E-state index contributed by atoms with van der Waals surface area (Å²) in [6.45, 7) is 4.60. The molecule has 1 aliphatic heterocycles. The zero-order valence-electron chi connectivity index (χ0n) is 15.4. The first kappa shape index (κ1) is 15.1. The first-order valence-electron chi connectivity index (χ1n) is 9.56. The van der Waals surface area contributed by atoms with E-state index in [1.807, 2.05) is 6.26 Å². The van der Waals surface area contributed by atoms with Gasteiger partial charge in [0, 0.05) is 24.4 Å². The van der Waals surface area contributed by atoms with Crippen molar-refractivity contribution in [3.8, 4) is 0 Å². The Kier molecular flexibility index (Phi) is 3.13. The smallest absolute Gasteiger partial charge is 0.157 e. The molecule has 3 heteroatoms. The SMILES string of the molecule is Cc1ccccc1N1[C@@H](C)c2c(n(C)c3ccoc23)C12CCCCC2. The monoisotopic (exact) mass is 334 g/mol. The van der Waals surface area contributed by atoms with Crippen molar-refractivity contribution in [2.24, 2.45) is 7.05 Å². The van der Waals surface area contributed by atoms with Gasteiger partial charge in [0.1, 0.15) is 0 Å². The van der Waals surface area contributed by atoms with Gasteiger partial charge in [-0.3, -0.25) is 0 Å². The van der Waals surface area contributed by atoms with Crippen molar-refractivity contribution >= 4 is 16.8 Å². The number of benzene rings is 1. The van der Waals surface area contributed by atoms with Gasteiger partial charge < -0.3 is 13.9 Å². The Labute approximate surface area is 149 Å². The normalized spacial score (nSPS) is 22.0. The first-order valence-corrected chi connectivity index (χ1v) is 9.56. The number of anilines is 1. The average Bonchev–Trinajstić information content (AvgIpc) is 3.25. The van der Waals surface area contributed by atoms with Crippen molar-refractivity contribution in [1.29, 1.82) is 0 Å². The number of para-hydroxylation sites is 1. The van der Waals surface area contributed by atoms with Crippen LogP contribution in [0.1, 0.15) is 61.9 Å². The number of hydrogen-bond acceptors (Lipinski definition) is 2. The highest BCUT2D eigenvalue weighted by atomic mass is 16.3. The van der Waals surface area contributed by atoms with E-state index in [0.29, 0.717) is 6.04 Å². The Morgan fingerprint density at radius 3 is 2.60 bits per heavy atom. The summed E-state index contributed by atoms with van der Waals surface area (Å²) in [6.07, 6.45) is 8.27. The minimum Gasteiger partial charge on any atom is -0.462 e. The highest BCUT2D eigenvalue weighted by molar-refractivity contribution is 5.84. The molecule has 130 valence electrons. The van der Waals surface area contributed by atoms with Crippen LogP contribution in [-0.4, -0.2) is 4.57 Å². The van der Waals surface area contributed by atoms with Gasteiger partial charge in [-0.1, -0.05) is 37.5 Å². The van der Waals surface area contributed by atoms with Gasteiger partial charge in [-0.2, -0.15) is 0 Å². The summed E-state index contributed by atoms with van der Waals surface area (Å²) in [6, 6.07) is 11.3. The highest BCUT2D eigenvalue weighted by Crippen LogP contribution is 2.57. The lowest BCUT2D eigenvalue weighted by molar-refractivity contribution is 0.273. The fourth-order valence-corrected chi connectivity index (χ4v) is 5.63. The first-order chi connectivity index (χ1) is 12.1. The topological polar surface area (TPSA) is 21.3 Å². The quantitative estimate of drug-likeness (QED) is 0.559. The van der Waals surface area contributed by atoms with Crippen molar-refractivity contribution in [3.05, 3.63) is 53.4 Å². The van der Waals surface area contributed by atoms with E-state index >= 15 is 0 Å². The van der Waals surface area contributed by atoms with Gasteiger partial charge >= 0.3 is 0 Å². The van der Waals surface area contributed by atoms with E-state index in [0.717, 1.165) is 5.58 Å². The minimum atomic E-state index is 0.107. The van der Waals surface area contributed by atoms with Crippen LogP contribution < -0.4 is 4.90 Å². The fourth-order valence-electron chi connectivity index (χ4n) is 5.63. The lowest BCUT2D eigenvalue weighted by Crippen LogP contribution is -2.45. The lowest BCUT2D eigenvalue weighted by atomic mass is 9.78. The van der Waals surface area contributed by atoms with Crippen molar-refractivity contribution in [1.82, 2.24) is 4.57 Å². The summed E-state index contributed by atoms with van der Waals surface area (Å²) in [5.74, 6) is 0. The van der Waals surface area contributed by atoms with Gasteiger partial charge in [0.05, 0.1) is 29.1 Å². The van der Waals surface area contributed by atoms with Crippen LogP contribution in [0, 0.1) is 6.92 Å². The molecule has 2 aliphatic rings. The molecule has 2 aromatic heterocycles. The zero-order chi connectivity index (χ0) is 17.2. The third kappa shape index (κ3) is 1.81. The number of rotatable bonds is 1. The molecule has 0 saturated heterocycles. The summed E-state index contributed by atoms with van der Waals surface area (Å²) >= 11 is 0. The maximum Gasteiger partial charge on any atom is 0.157 e. The van der Waals surface area contributed by atoms with E-state index < -0.39 is 0 Å². The van der Waals surface area contributed by atoms with Crippen LogP contribution >= 0.6 is 0 Å². The van der Waals surface area contributed by atoms with E-state index in [-0.39, 0.29) is 5.54 Å². The predicted octanol–water partition coefficient (Wildman–Crippen LogP) is 5.82. The summed E-state index contributed by atoms with van der Waals surface area (Å²) in [4.78, 5) is 2.72. The van der Waals surface area contributed by atoms with Gasteiger partial charge in [0.15, 0.2) is 5.58 Å². The summed E-state index contributed by atoms with van der Waals surface area (Å²) in [5.41, 5.74) is 8.09. The van der Waals surface area contributed by atoms with Crippen LogP contribution in [0.3, 0.4) is 0 Å². The molecule has 1 aromatic carbocycles. The summed E-state index contributed by atoms with van der Waals surface area (Å²) < 4.78 is 8.36. The number of aromatic nitrogens is 1. The van der Waals surface area contributed by atoms with E-state index in [9.17, 15) is 0 Å². The molecule has 0 amide bonds. The van der Waals surface area contributed by atoms with E-state index in [4.69, 9.17) is 4.42 Å². The predicted molar refractivity (Wildman–Crippen MR) is 102 cm³/mol. The van der Waals surface area contributed by atoms with E-state index in [1.54, 1.807) is 0 Å². The lowest BCUT2D eigenvalue weighted by Gasteiger charge is -2.46. The van der Waals surface area contributed by atoms with Crippen LogP contribution in [0.5, 0.6) is 0 Å². The van der Waals surface area contributed by atoms with Crippen LogP contribution in [0.4, 0.5) is 5.69 Å². The molecule has 3 nitrogen and oxygen atoms in total. The number of hydrogen-bond donors (Lipinski definition) is 0. The standard InChI is InChI=1S/C22H26N2O/c1-15-9-5-6-10-17(15)24-16(2)19-20-18(11-14-25-20)23(3)21(19)22(24)12-7-4-8-13-22/h5-6,9-11,14,16H,4,7-8,12-13H2,1-3H3/t16-/m0/s1. The molecule has 3 aromatic rings. The van der Waals surface area contributed by atoms with Gasteiger partial charge in [-0.25, -0.2) is 0 Å². The maximum atomic E-state index is 5.95. The average molecular weight is 334 g/mol. The van der Waals surface area contributed by atoms with Crippen LogP contribution in [-0.2, 0) is 12.6 Å². The largest absolute Gasteiger partial charge is 0.462 e. The molecule has 1 spiro atoms. The Morgan fingerprint density at radius 2 is 1.84 bits per heavy atom. The molecule has 1 aliphatic carbocycles. The summed E-state index contributed by atoms with van der Waals surface area (Å²) in [5, 5.41) is 0.